The lowest BCUT2D eigenvalue weighted by Gasteiger charge is -2.08. The Labute approximate surface area is 94.0 Å². The minimum atomic E-state index is -4.88. The molecule has 0 fully saturated rings. The van der Waals surface area contributed by atoms with Crippen molar-refractivity contribution >= 4 is 21.8 Å². The summed E-state index contributed by atoms with van der Waals surface area (Å²) >= 11 is 5.37. The van der Waals surface area contributed by atoms with Crippen LogP contribution in [0.25, 0.3) is 0 Å². The fraction of sp³-hybridized carbons (Fsp3) is 0.250. The molecule has 90 valence electrons. The van der Waals surface area contributed by atoms with Crippen LogP contribution in [0, 0.1) is 0 Å². The highest BCUT2D eigenvalue weighted by Gasteiger charge is 2.31. The maximum Gasteiger partial charge on any atom is 0.416 e. The summed E-state index contributed by atoms with van der Waals surface area (Å²) in [4.78, 5) is 0. The topological polar surface area (TPSA) is 34.1 Å². The summed E-state index contributed by atoms with van der Waals surface area (Å²) in [6.07, 6.45) is -4.65. The molecule has 0 amide bonds. The third kappa shape index (κ3) is 3.97. The molecule has 0 aliphatic rings. The number of alkyl halides is 3. The first kappa shape index (κ1) is 13.2. The Hall–Kier alpha value is -0.820. The molecule has 0 aromatic heterocycles. The minimum absolute atomic E-state index is 0.298. The molecule has 0 N–H and O–H groups in total. The van der Waals surface area contributed by atoms with E-state index in [1.165, 1.54) is 0 Å². The summed E-state index contributed by atoms with van der Waals surface area (Å²) in [5, 5.41) is -0.298. The zero-order chi connectivity index (χ0) is 12.6. The van der Waals surface area contributed by atoms with Crippen LogP contribution >= 0.6 is 11.6 Å². The molecule has 0 aliphatic carbocycles. The Morgan fingerprint density at radius 1 is 1.19 bits per heavy atom. The molecule has 1 rings (SSSR count). The van der Waals surface area contributed by atoms with Gasteiger partial charge in [0.25, 0.3) is 0 Å². The zero-order valence-electron chi connectivity index (χ0n) is 7.55. The highest BCUT2D eigenvalue weighted by molar-refractivity contribution is 7.85. The fourth-order valence-electron chi connectivity index (χ4n) is 1.10. The maximum atomic E-state index is 12.3. The second-order valence-corrected chi connectivity index (χ2v) is 4.83. The van der Waals surface area contributed by atoms with Crippen LogP contribution in [0.15, 0.2) is 18.2 Å². The van der Waals surface area contributed by atoms with E-state index in [-0.39, 0.29) is 10.6 Å². The lowest BCUT2D eigenvalue weighted by molar-refractivity contribution is -0.137. The Kier molecular flexibility index (Phi) is 3.49. The van der Waals surface area contributed by atoms with E-state index in [1.54, 1.807) is 0 Å². The van der Waals surface area contributed by atoms with Crippen molar-refractivity contribution in [2.24, 2.45) is 0 Å². The van der Waals surface area contributed by atoms with Gasteiger partial charge in [0.2, 0.25) is 0 Å². The number of hydrogen-bond donors (Lipinski definition) is 0. The third-order valence-electron chi connectivity index (χ3n) is 1.62. The molecule has 1 aromatic carbocycles. The molecule has 0 atom stereocenters. The molecule has 0 unspecified atom stereocenters. The minimum Gasteiger partial charge on any atom is -0.194 e. The summed E-state index contributed by atoms with van der Waals surface area (Å²) in [6.45, 7) is 0. The molecule has 1 aromatic rings. The first-order chi connectivity index (χ1) is 7.08. The second kappa shape index (κ2) is 4.21. The van der Waals surface area contributed by atoms with Crippen molar-refractivity contribution in [3.63, 3.8) is 0 Å². The van der Waals surface area contributed by atoms with Gasteiger partial charge in [0.05, 0.1) is 5.56 Å². The molecule has 0 bridgehead atoms. The van der Waals surface area contributed by atoms with Gasteiger partial charge in [0.1, 0.15) is 5.75 Å². The molecule has 8 heteroatoms. The van der Waals surface area contributed by atoms with Crippen molar-refractivity contribution < 1.29 is 25.5 Å². The molecular weight excluding hydrogens is 272 g/mol. The zero-order valence-corrected chi connectivity index (χ0v) is 9.13. The third-order valence-corrected chi connectivity index (χ3v) is 2.52. The number of benzene rings is 1. The maximum absolute atomic E-state index is 12.3. The SMILES string of the molecule is O=S(=O)(F)Cc1cc(Cl)cc(C(F)(F)F)c1. The van der Waals surface area contributed by atoms with Crippen LogP contribution in [0.1, 0.15) is 11.1 Å². The quantitative estimate of drug-likeness (QED) is 0.614. The first-order valence-electron chi connectivity index (χ1n) is 3.87. The predicted octanol–water partition coefficient (Wildman–Crippen LogP) is 3.16. The smallest absolute Gasteiger partial charge is 0.194 e. The highest BCUT2D eigenvalue weighted by Crippen LogP contribution is 2.32. The Morgan fingerprint density at radius 3 is 2.19 bits per heavy atom. The molecule has 0 radical (unpaired) electrons. The molecule has 0 saturated heterocycles. The average Bonchev–Trinajstić information content (AvgIpc) is 1.97. The van der Waals surface area contributed by atoms with Gasteiger partial charge in [0, 0.05) is 5.02 Å². The number of rotatable bonds is 2. The molecule has 0 heterocycles. The van der Waals surface area contributed by atoms with Crippen molar-refractivity contribution in [2.75, 3.05) is 0 Å². The molecule has 2 nitrogen and oxygen atoms in total. The normalized spacial score (nSPS) is 12.8. The van der Waals surface area contributed by atoms with Gasteiger partial charge >= 0.3 is 16.4 Å². The first-order valence-corrected chi connectivity index (χ1v) is 5.80. The molecule has 0 saturated carbocycles. The Bertz CT molecular complexity index is 495. The lowest BCUT2D eigenvalue weighted by Crippen LogP contribution is -2.06. The number of hydrogen-bond acceptors (Lipinski definition) is 2. The van der Waals surface area contributed by atoms with Gasteiger partial charge in [-0.25, -0.2) is 0 Å². The summed E-state index contributed by atoms with van der Waals surface area (Å²) in [6, 6.07) is 2.15. The van der Waals surface area contributed by atoms with Gasteiger partial charge in [-0.15, -0.1) is 3.89 Å². The van der Waals surface area contributed by atoms with E-state index in [0.717, 1.165) is 6.07 Å². The highest BCUT2D eigenvalue weighted by atomic mass is 35.5. The van der Waals surface area contributed by atoms with Crippen molar-refractivity contribution in [3.8, 4) is 0 Å². The molecule has 0 aliphatic heterocycles. The van der Waals surface area contributed by atoms with Crippen LogP contribution in [0.3, 0.4) is 0 Å². The molecule has 0 spiro atoms. The Morgan fingerprint density at radius 2 is 1.75 bits per heavy atom. The number of halogens is 5. The van der Waals surface area contributed by atoms with E-state index in [1.807, 2.05) is 0 Å². The van der Waals surface area contributed by atoms with Crippen molar-refractivity contribution in [3.05, 3.63) is 34.3 Å². The van der Waals surface area contributed by atoms with Crippen LogP contribution in [-0.4, -0.2) is 8.42 Å². The van der Waals surface area contributed by atoms with Crippen molar-refractivity contribution in [2.45, 2.75) is 11.9 Å². The summed E-state index contributed by atoms with van der Waals surface area (Å²) in [5.41, 5.74) is -1.46. The van der Waals surface area contributed by atoms with Crippen LogP contribution in [-0.2, 0) is 22.2 Å². The van der Waals surface area contributed by atoms with E-state index >= 15 is 0 Å². The summed E-state index contributed by atoms with van der Waals surface area (Å²) in [7, 11) is -4.88. The van der Waals surface area contributed by atoms with E-state index in [0.29, 0.717) is 12.1 Å². The monoisotopic (exact) mass is 276 g/mol. The van der Waals surface area contributed by atoms with Gasteiger partial charge < -0.3 is 0 Å². The lowest BCUT2D eigenvalue weighted by atomic mass is 10.1. The summed E-state index contributed by atoms with van der Waals surface area (Å²) < 4.78 is 69.7. The fourth-order valence-corrected chi connectivity index (χ4v) is 1.92. The van der Waals surface area contributed by atoms with Gasteiger partial charge in [-0.1, -0.05) is 11.6 Å². The largest absolute Gasteiger partial charge is 0.416 e. The van der Waals surface area contributed by atoms with Gasteiger partial charge in [0.15, 0.2) is 0 Å². The average molecular weight is 277 g/mol. The van der Waals surface area contributed by atoms with E-state index in [2.05, 4.69) is 0 Å². The van der Waals surface area contributed by atoms with Crippen LogP contribution in [0.2, 0.25) is 5.02 Å². The van der Waals surface area contributed by atoms with E-state index < -0.39 is 27.7 Å². The van der Waals surface area contributed by atoms with Gasteiger partial charge in [-0.3, -0.25) is 0 Å². The van der Waals surface area contributed by atoms with Crippen LogP contribution < -0.4 is 0 Å². The van der Waals surface area contributed by atoms with E-state index in [4.69, 9.17) is 11.6 Å². The van der Waals surface area contributed by atoms with Gasteiger partial charge in [-0.05, 0) is 23.8 Å². The van der Waals surface area contributed by atoms with Crippen molar-refractivity contribution in [1.82, 2.24) is 0 Å². The molecular formula is C8H5ClF4O2S. The van der Waals surface area contributed by atoms with Gasteiger partial charge in [-0.2, -0.15) is 21.6 Å². The molecule has 16 heavy (non-hydrogen) atoms. The summed E-state index contributed by atoms with van der Waals surface area (Å²) in [5.74, 6) is -1.13. The second-order valence-electron chi connectivity index (χ2n) is 3.03. The van der Waals surface area contributed by atoms with Crippen LogP contribution in [0.4, 0.5) is 17.1 Å². The van der Waals surface area contributed by atoms with Crippen LogP contribution in [0.5, 0.6) is 0 Å². The Balaban J connectivity index is 3.19. The van der Waals surface area contributed by atoms with Crippen molar-refractivity contribution in [1.29, 1.82) is 0 Å². The van der Waals surface area contributed by atoms with E-state index in [9.17, 15) is 25.5 Å². The standard InChI is InChI=1S/C8H5ClF4O2S/c9-7-2-5(4-16(13,14)15)1-6(3-7)8(10,11)12/h1-3H,4H2. The predicted molar refractivity (Wildman–Crippen MR) is 50.2 cm³/mol.